The Hall–Kier alpha value is -4.50. The number of nitrogens with zero attached hydrogens (tertiary/aromatic N) is 2. The van der Waals surface area contributed by atoms with Gasteiger partial charge in [-0.3, -0.25) is 9.98 Å². The van der Waals surface area contributed by atoms with Gasteiger partial charge in [0.05, 0.1) is 17.1 Å². The Morgan fingerprint density at radius 1 is 0.923 bits per heavy atom. The van der Waals surface area contributed by atoms with Crippen molar-refractivity contribution in [2.45, 2.75) is 41.0 Å². The van der Waals surface area contributed by atoms with Gasteiger partial charge < -0.3 is 5.73 Å². The van der Waals surface area contributed by atoms with E-state index >= 15 is 0 Å². The van der Waals surface area contributed by atoms with Crippen LogP contribution < -0.4 is 5.73 Å². The predicted octanol–water partition coefficient (Wildman–Crippen LogP) is 10.3. The number of rotatable bonds is 10. The van der Waals surface area contributed by atoms with E-state index in [0.29, 0.717) is 5.69 Å². The largest absolute Gasteiger partial charge is 0.396 e. The van der Waals surface area contributed by atoms with Crippen molar-refractivity contribution in [3.8, 4) is 0 Å². The fourth-order valence-corrected chi connectivity index (χ4v) is 4.37. The van der Waals surface area contributed by atoms with Crippen molar-refractivity contribution in [1.82, 2.24) is 0 Å². The highest BCUT2D eigenvalue weighted by molar-refractivity contribution is 6.19. The van der Waals surface area contributed by atoms with Gasteiger partial charge in [-0.2, -0.15) is 0 Å². The van der Waals surface area contributed by atoms with Crippen molar-refractivity contribution in [3.63, 3.8) is 0 Å². The molecule has 3 rings (SSSR count). The van der Waals surface area contributed by atoms with Gasteiger partial charge in [-0.1, -0.05) is 98.5 Å². The first-order valence-corrected chi connectivity index (χ1v) is 13.4. The van der Waals surface area contributed by atoms with Crippen LogP contribution in [0.1, 0.15) is 46.6 Å². The van der Waals surface area contributed by atoms with Crippen LogP contribution in [0.2, 0.25) is 0 Å². The molecule has 3 heteroatoms. The smallest absolute Gasteiger partial charge is 0.0939 e. The van der Waals surface area contributed by atoms with Crippen molar-refractivity contribution >= 4 is 50.4 Å². The SMILES string of the molecule is C=C\C=C(/C=C(C)/C(C)=N/C(/C=C/C=C\C=C/C)=C/CC)c1ccc2c(N)c(N=CC)c3ccccc3c2c1. The molecule has 3 nitrogen and oxygen atoms in total. The van der Waals surface area contributed by atoms with Gasteiger partial charge in [0.1, 0.15) is 0 Å². The van der Waals surface area contributed by atoms with E-state index in [4.69, 9.17) is 10.7 Å². The lowest BCUT2D eigenvalue weighted by Crippen LogP contribution is -1.96. The molecule has 0 unspecified atom stereocenters. The molecule has 0 aliphatic heterocycles. The zero-order valence-corrected chi connectivity index (χ0v) is 23.8. The molecule has 39 heavy (non-hydrogen) atoms. The first kappa shape index (κ1) is 29.1. The van der Waals surface area contributed by atoms with Gasteiger partial charge in [0.15, 0.2) is 0 Å². The fraction of sp³-hybridized carbons (Fsp3) is 0.167. The summed E-state index contributed by atoms with van der Waals surface area (Å²) in [6, 6.07) is 14.7. The van der Waals surface area contributed by atoms with E-state index < -0.39 is 0 Å². The molecule has 0 aromatic heterocycles. The van der Waals surface area contributed by atoms with Gasteiger partial charge in [-0.15, -0.1) is 0 Å². The Morgan fingerprint density at radius 3 is 2.36 bits per heavy atom. The van der Waals surface area contributed by atoms with Crippen LogP contribution in [0, 0.1) is 0 Å². The Bertz CT molecular complexity index is 1580. The van der Waals surface area contributed by atoms with E-state index in [1.165, 1.54) is 0 Å². The standard InChI is InChI=1S/C36H39N3/c1-7-11-12-13-14-19-30(18-9-3)39-27(6)26(5)24-28(17-8-2)29-22-23-32-34(25-29)31-20-15-16-21-33(31)36(35(32)37)38-10-4/h7-8,10-25H,2,9,37H2,1,3-6H3/b11-7-,13-12-,19-14+,26-24+,28-17+,30-18+,38-10?,39-27+. The summed E-state index contributed by atoms with van der Waals surface area (Å²) in [5, 5.41) is 4.28. The maximum Gasteiger partial charge on any atom is 0.0939 e. The molecular weight excluding hydrogens is 474 g/mol. The minimum atomic E-state index is 0.696. The molecule has 0 radical (unpaired) electrons. The summed E-state index contributed by atoms with van der Waals surface area (Å²) >= 11 is 0. The van der Waals surface area contributed by atoms with Gasteiger partial charge in [-0.25, -0.2) is 0 Å². The van der Waals surface area contributed by atoms with E-state index in [1.807, 2.05) is 68.5 Å². The molecule has 0 aliphatic rings. The highest BCUT2D eigenvalue weighted by Gasteiger charge is 2.13. The van der Waals surface area contributed by atoms with Gasteiger partial charge in [-0.05, 0) is 79.8 Å². The van der Waals surface area contributed by atoms with Crippen LogP contribution in [-0.2, 0) is 0 Å². The number of aliphatic imine (C=N–C) groups is 2. The number of nitrogens with two attached hydrogens (primary N) is 1. The Kier molecular flexibility index (Phi) is 10.8. The lowest BCUT2D eigenvalue weighted by atomic mass is 9.93. The van der Waals surface area contributed by atoms with Crippen molar-refractivity contribution in [2.24, 2.45) is 9.98 Å². The van der Waals surface area contributed by atoms with Crippen LogP contribution in [0.25, 0.3) is 27.1 Å². The summed E-state index contributed by atoms with van der Waals surface area (Å²) in [6.07, 6.45) is 22.9. The van der Waals surface area contributed by atoms with Crippen molar-refractivity contribution in [2.75, 3.05) is 5.73 Å². The molecule has 0 spiro atoms. The normalized spacial score (nSPS) is 14.3. The van der Waals surface area contributed by atoms with E-state index in [9.17, 15) is 0 Å². The second-order valence-electron chi connectivity index (χ2n) is 9.14. The number of hydrogen-bond acceptors (Lipinski definition) is 3. The number of fused-ring (bicyclic) bond motifs is 3. The number of nitrogen functional groups attached to an aromatic ring is 1. The summed E-state index contributed by atoms with van der Waals surface area (Å²) in [5.74, 6) is 0. The molecule has 3 aromatic carbocycles. The van der Waals surface area contributed by atoms with Gasteiger partial charge in [0.25, 0.3) is 0 Å². The highest BCUT2D eigenvalue weighted by atomic mass is 14.8. The highest BCUT2D eigenvalue weighted by Crippen LogP contribution is 2.41. The molecule has 0 amide bonds. The van der Waals surface area contributed by atoms with Crippen molar-refractivity contribution < 1.29 is 0 Å². The molecule has 0 atom stereocenters. The molecule has 2 N–H and O–H groups in total. The van der Waals surface area contributed by atoms with Crippen LogP contribution in [0.3, 0.4) is 0 Å². The van der Waals surface area contributed by atoms with E-state index in [2.05, 4.69) is 80.9 Å². The molecule has 0 fully saturated rings. The third kappa shape index (κ3) is 7.30. The quantitative estimate of drug-likeness (QED) is 0.125. The molecule has 0 saturated carbocycles. The second-order valence-corrected chi connectivity index (χ2v) is 9.14. The molecule has 0 saturated heterocycles. The van der Waals surface area contributed by atoms with Gasteiger partial charge in [0.2, 0.25) is 0 Å². The van der Waals surface area contributed by atoms with Crippen molar-refractivity contribution in [1.29, 1.82) is 0 Å². The van der Waals surface area contributed by atoms with Gasteiger partial charge >= 0.3 is 0 Å². The Balaban J connectivity index is 2.07. The number of anilines is 1. The van der Waals surface area contributed by atoms with E-state index in [1.54, 1.807) is 6.21 Å². The summed E-state index contributed by atoms with van der Waals surface area (Å²) < 4.78 is 0. The first-order chi connectivity index (χ1) is 18.9. The Labute approximate surface area is 233 Å². The summed E-state index contributed by atoms with van der Waals surface area (Å²) in [6.45, 7) is 14.1. The molecule has 0 bridgehead atoms. The molecule has 198 valence electrons. The van der Waals surface area contributed by atoms with Crippen LogP contribution >= 0.6 is 0 Å². The lowest BCUT2D eigenvalue weighted by molar-refractivity contribution is 1.18. The molecular formula is C36H39N3. The third-order valence-corrected chi connectivity index (χ3v) is 6.37. The Morgan fingerprint density at radius 2 is 1.67 bits per heavy atom. The molecule has 0 heterocycles. The average Bonchev–Trinajstić information content (AvgIpc) is 2.94. The van der Waals surface area contributed by atoms with Crippen LogP contribution in [0.4, 0.5) is 11.4 Å². The minimum absolute atomic E-state index is 0.696. The van der Waals surface area contributed by atoms with Gasteiger partial charge in [0, 0.05) is 22.7 Å². The van der Waals surface area contributed by atoms with E-state index in [0.717, 1.165) is 61.8 Å². The maximum atomic E-state index is 6.62. The van der Waals surface area contributed by atoms with E-state index in [-0.39, 0.29) is 0 Å². The zero-order valence-electron chi connectivity index (χ0n) is 23.8. The monoisotopic (exact) mass is 513 g/mol. The minimum Gasteiger partial charge on any atom is -0.396 e. The topological polar surface area (TPSA) is 50.7 Å². The predicted molar refractivity (Wildman–Crippen MR) is 176 cm³/mol. The molecule has 0 aliphatic carbocycles. The van der Waals surface area contributed by atoms with Crippen molar-refractivity contribution in [3.05, 3.63) is 127 Å². The van der Waals surface area contributed by atoms with Crippen LogP contribution in [0.5, 0.6) is 0 Å². The summed E-state index contributed by atoms with van der Waals surface area (Å²) in [4.78, 5) is 9.49. The first-order valence-electron chi connectivity index (χ1n) is 13.4. The maximum absolute atomic E-state index is 6.62. The second kappa shape index (κ2) is 14.4. The summed E-state index contributed by atoms with van der Waals surface area (Å²) in [7, 11) is 0. The third-order valence-electron chi connectivity index (χ3n) is 6.37. The lowest BCUT2D eigenvalue weighted by Gasteiger charge is -2.14. The fourth-order valence-electron chi connectivity index (χ4n) is 4.37. The number of benzene rings is 3. The average molecular weight is 514 g/mol. The number of hydrogen-bond donors (Lipinski definition) is 1. The van der Waals surface area contributed by atoms with Crippen LogP contribution in [-0.4, -0.2) is 11.9 Å². The summed E-state index contributed by atoms with van der Waals surface area (Å²) in [5.41, 5.74) is 13.3. The zero-order chi connectivity index (χ0) is 28.2. The van der Waals surface area contributed by atoms with Crippen LogP contribution in [0.15, 0.2) is 131 Å². The molecule has 3 aromatic rings. The number of allylic oxidation sites excluding steroid dienone is 12.